The summed E-state index contributed by atoms with van der Waals surface area (Å²) in [4.78, 5) is 29.5. The van der Waals surface area contributed by atoms with E-state index in [-0.39, 0.29) is 12.3 Å². The Kier molecular flexibility index (Phi) is 6.64. The van der Waals surface area contributed by atoms with Crippen LogP contribution < -0.4 is 0 Å². The Labute approximate surface area is 133 Å². The van der Waals surface area contributed by atoms with Crippen molar-refractivity contribution in [3.8, 4) is 0 Å². The molecule has 1 atom stereocenters. The van der Waals surface area contributed by atoms with E-state index in [1.165, 1.54) is 6.42 Å². The topological polar surface area (TPSA) is 64.1 Å². The summed E-state index contributed by atoms with van der Waals surface area (Å²) in [6.45, 7) is 7.28. The molecule has 2 aliphatic heterocycles. The third-order valence-corrected chi connectivity index (χ3v) is 4.77. The van der Waals surface area contributed by atoms with Crippen molar-refractivity contribution in [1.82, 2.24) is 14.7 Å². The second kappa shape index (κ2) is 8.48. The normalized spacial score (nSPS) is 24.4. The zero-order valence-electron chi connectivity index (χ0n) is 13.7. The molecule has 0 saturated carbocycles. The molecule has 0 aromatic carbocycles. The minimum Gasteiger partial charge on any atom is -0.481 e. The molecule has 2 fully saturated rings. The van der Waals surface area contributed by atoms with Crippen molar-refractivity contribution in [2.75, 3.05) is 52.9 Å². The number of likely N-dealkylation sites (N-methyl/N-ethyl adjacent to an activating group) is 1. The van der Waals surface area contributed by atoms with E-state index < -0.39 is 5.97 Å². The van der Waals surface area contributed by atoms with Gasteiger partial charge in [0.15, 0.2) is 0 Å². The lowest BCUT2D eigenvalue weighted by molar-refractivity contribution is -0.137. The molecule has 126 valence electrons. The Morgan fingerprint density at radius 2 is 1.82 bits per heavy atom. The second-order valence-corrected chi connectivity index (χ2v) is 6.70. The Balaban J connectivity index is 1.71. The molecule has 1 unspecified atom stereocenters. The van der Waals surface area contributed by atoms with Gasteiger partial charge in [-0.2, -0.15) is 0 Å². The summed E-state index contributed by atoms with van der Waals surface area (Å²) in [7, 11) is 2.16. The van der Waals surface area contributed by atoms with Gasteiger partial charge in [0, 0.05) is 58.7 Å². The SMILES string of the molecule is CN1CCN(CC2CCCN(C(=O)CCCC(=O)O)C2)CC1. The third kappa shape index (κ3) is 5.57. The number of carbonyl (C=O) groups is 2. The van der Waals surface area contributed by atoms with Crippen molar-refractivity contribution >= 4 is 11.9 Å². The van der Waals surface area contributed by atoms with Crippen LogP contribution in [0.5, 0.6) is 0 Å². The van der Waals surface area contributed by atoms with Crippen LogP contribution in [0.1, 0.15) is 32.1 Å². The molecule has 22 heavy (non-hydrogen) atoms. The summed E-state index contributed by atoms with van der Waals surface area (Å²) in [6.07, 6.45) is 3.18. The maximum atomic E-state index is 12.2. The fourth-order valence-electron chi connectivity index (χ4n) is 3.39. The molecule has 0 spiro atoms. The van der Waals surface area contributed by atoms with Gasteiger partial charge in [-0.3, -0.25) is 9.59 Å². The molecule has 0 aromatic heterocycles. The van der Waals surface area contributed by atoms with Crippen molar-refractivity contribution in [2.24, 2.45) is 5.92 Å². The molecule has 2 saturated heterocycles. The van der Waals surface area contributed by atoms with E-state index in [0.29, 0.717) is 18.8 Å². The molecule has 0 aliphatic carbocycles. The minimum atomic E-state index is -0.820. The van der Waals surface area contributed by atoms with E-state index in [0.717, 1.165) is 52.2 Å². The Hall–Kier alpha value is -1.14. The number of hydrogen-bond acceptors (Lipinski definition) is 4. The van der Waals surface area contributed by atoms with Crippen LogP contribution in [0, 0.1) is 5.92 Å². The van der Waals surface area contributed by atoms with Gasteiger partial charge in [-0.15, -0.1) is 0 Å². The number of likely N-dealkylation sites (tertiary alicyclic amines) is 1. The molecule has 1 N–H and O–H groups in total. The highest BCUT2D eigenvalue weighted by Crippen LogP contribution is 2.19. The van der Waals surface area contributed by atoms with Crippen molar-refractivity contribution in [3.63, 3.8) is 0 Å². The van der Waals surface area contributed by atoms with Gasteiger partial charge < -0.3 is 19.8 Å². The maximum Gasteiger partial charge on any atom is 0.303 e. The summed E-state index contributed by atoms with van der Waals surface area (Å²) in [6, 6.07) is 0. The minimum absolute atomic E-state index is 0.0876. The number of nitrogens with zero attached hydrogens (tertiary/aromatic N) is 3. The number of carboxylic acid groups (broad SMARTS) is 1. The molecule has 0 radical (unpaired) electrons. The van der Waals surface area contributed by atoms with Gasteiger partial charge in [-0.25, -0.2) is 0 Å². The van der Waals surface area contributed by atoms with Crippen LogP contribution in [0.3, 0.4) is 0 Å². The summed E-state index contributed by atoms with van der Waals surface area (Å²) in [5, 5.41) is 8.65. The molecular formula is C16H29N3O3. The van der Waals surface area contributed by atoms with Gasteiger partial charge in [0.05, 0.1) is 0 Å². The standard InChI is InChI=1S/C16H29N3O3/c1-17-8-10-18(11-9-17)12-14-4-3-7-19(13-14)15(20)5-2-6-16(21)22/h14H,2-13H2,1H3,(H,21,22). The summed E-state index contributed by atoms with van der Waals surface area (Å²) in [5.74, 6) is -0.121. The summed E-state index contributed by atoms with van der Waals surface area (Å²) < 4.78 is 0. The monoisotopic (exact) mass is 311 g/mol. The van der Waals surface area contributed by atoms with Gasteiger partial charge in [0.1, 0.15) is 0 Å². The lowest BCUT2D eigenvalue weighted by Gasteiger charge is -2.38. The fraction of sp³-hybridized carbons (Fsp3) is 0.875. The Bertz CT molecular complexity index is 381. The molecule has 2 aliphatic rings. The first-order valence-electron chi connectivity index (χ1n) is 8.45. The molecule has 6 heteroatoms. The number of hydrogen-bond donors (Lipinski definition) is 1. The fourth-order valence-corrected chi connectivity index (χ4v) is 3.39. The van der Waals surface area contributed by atoms with Crippen LogP contribution in [0.25, 0.3) is 0 Å². The van der Waals surface area contributed by atoms with Gasteiger partial charge in [0.25, 0.3) is 0 Å². The molecule has 6 nitrogen and oxygen atoms in total. The van der Waals surface area contributed by atoms with Gasteiger partial charge in [-0.05, 0) is 32.2 Å². The first-order valence-corrected chi connectivity index (χ1v) is 8.45. The highest BCUT2D eigenvalue weighted by molar-refractivity contribution is 5.77. The largest absolute Gasteiger partial charge is 0.481 e. The summed E-state index contributed by atoms with van der Waals surface area (Å²) in [5.41, 5.74) is 0. The number of amides is 1. The second-order valence-electron chi connectivity index (χ2n) is 6.70. The molecule has 1 amide bonds. The van der Waals surface area contributed by atoms with Crippen LogP contribution >= 0.6 is 0 Å². The van der Waals surface area contributed by atoms with Crippen LogP contribution in [0.15, 0.2) is 0 Å². The number of piperidine rings is 1. The first kappa shape index (κ1) is 17.2. The van der Waals surface area contributed by atoms with Crippen LogP contribution in [0.4, 0.5) is 0 Å². The zero-order chi connectivity index (χ0) is 15.9. The van der Waals surface area contributed by atoms with E-state index in [1.54, 1.807) is 0 Å². The lowest BCUT2D eigenvalue weighted by Crippen LogP contribution is -2.49. The number of piperazine rings is 1. The van der Waals surface area contributed by atoms with E-state index >= 15 is 0 Å². The van der Waals surface area contributed by atoms with Crippen molar-refractivity contribution < 1.29 is 14.7 Å². The molecule has 0 bridgehead atoms. The van der Waals surface area contributed by atoms with Gasteiger partial charge in [0.2, 0.25) is 5.91 Å². The van der Waals surface area contributed by atoms with Crippen molar-refractivity contribution in [3.05, 3.63) is 0 Å². The highest BCUT2D eigenvalue weighted by atomic mass is 16.4. The zero-order valence-corrected chi connectivity index (χ0v) is 13.7. The Morgan fingerprint density at radius 1 is 1.09 bits per heavy atom. The highest BCUT2D eigenvalue weighted by Gasteiger charge is 2.26. The van der Waals surface area contributed by atoms with Crippen LogP contribution in [-0.2, 0) is 9.59 Å². The van der Waals surface area contributed by atoms with E-state index in [2.05, 4.69) is 16.8 Å². The average molecular weight is 311 g/mol. The predicted octanol–water partition coefficient (Wildman–Crippen LogP) is 0.727. The van der Waals surface area contributed by atoms with E-state index in [4.69, 9.17) is 5.11 Å². The molecule has 0 aromatic rings. The van der Waals surface area contributed by atoms with Crippen LogP contribution in [-0.4, -0.2) is 84.5 Å². The third-order valence-electron chi connectivity index (χ3n) is 4.77. The van der Waals surface area contributed by atoms with E-state index in [1.807, 2.05) is 4.90 Å². The average Bonchev–Trinajstić information content (AvgIpc) is 2.49. The van der Waals surface area contributed by atoms with Gasteiger partial charge >= 0.3 is 5.97 Å². The van der Waals surface area contributed by atoms with Crippen LogP contribution in [0.2, 0.25) is 0 Å². The smallest absolute Gasteiger partial charge is 0.303 e. The number of carbonyl (C=O) groups excluding carboxylic acids is 1. The van der Waals surface area contributed by atoms with Crippen molar-refractivity contribution in [2.45, 2.75) is 32.1 Å². The Morgan fingerprint density at radius 3 is 2.50 bits per heavy atom. The quantitative estimate of drug-likeness (QED) is 0.783. The predicted molar refractivity (Wildman–Crippen MR) is 84.7 cm³/mol. The van der Waals surface area contributed by atoms with Crippen molar-refractivity contribution in [1.29, 1.82) is 0 Å². The lowest BCUT2D eigenvalue weighted by atomic mass is 9.96. The number of carboxylic acids is 1. The molecular weight excluding hydrogens is 282 g/mol. The molecule has 2 heterocycles. The number of aliphatic carboxylic acids is 1. The van der Waals surface area contributed by atoms with E-state index in [9.17, 15) is 9.59 Å². The number of rotatable bonds is 6. The summed E-state index contributed by atoms with van der Waals surface area (Å²) >= 11 is 0. The maximum absolute atomic E-state index is 12.2. The first-order chi connectivity index (χ1) is 10.5. The van der Waals surface area contributed by atoms with Gasteiger partial charge in [-0.1, -0.05) is 0 Å². The molecule has 2 rings (SSSR count).